The Labute approximate surface area is 165 Å². The molecule has 2 aromatic carbocycles. The minimum absolute atomic E-state index is 0.619. The molecule has 0 heterocycles. The minimum atomic E-state index is 0.619. The van der Waals surface area contributed by atoms with Crippen LogP contribution in [0, 0.1) is 26.7 Å². The fourth-order valence-corrected chi connectivity index (χ4v) is 4.64. The molecule has 0 bridgehead atoms. The van der Waals surface area contributed by atoms with Gasteiger partial charge in [-0.1, -0.05) is 61.2 Å². The first kappa shape index (κ1) is 20.1. The van der Waals surface area contributed by atoms with Crippen LogP contribution >= 0.6 is 0 Å². The Kier molecular flexibility index (Phi) is 7.09. The van der Waals surface area contributed by atoms with E-state index in [2.05, 4.69) is 62.1 Å². The highest BCUT2D eigenvalue weighted by atomic mass is 15.1. The first-order chi connectivity index (χ1) is 13.0. The molecule has 0 atom stereocenters. The van der Waals surface area contributed by atoms with Gasteiger partial charge in [0.25, 0.3) is 0 Å². The molecule has 1 aliphatic rings. The van der Waals surface area contributed by atoms with E-state index in [4.69, 9.17) is 5.73 Å². The number of benzene rings is 2. The molecule has 27 heavy (non-hydrogen) atoms. The maximum atomic E-state index is 5.76. The Morgan fingerprint density at radius 3 is 2.04 bits per heavy atom. The second kappa shape index (κ2) is 9.52. The summed E-state index contributed by atoms with van der Waals surface area (Å²) in [6.07, 6.45) is 7.04. The Morgan fingerprint density at radius 2 is 1.44 bits per heavy atom. The lowest BCUT2D eigenvalue weighted by molar-refractivity contribution is 0.186. The Morgan fingerprint density at radius 1 is 0.852 bits per heavy atom. The molecule has 146 valence electrons. The molecule has 0 radical (unpaired) electrons. The van der Waals surface area contributed by atoms with E-state index in [1.807, 2.05) is 0 Å². The maximum Gasteiger partial charge on any atom is 0.0242 e. The minimum Gasteiger partial charge on any atom is -0.326 e. The van der Waals surface area contributed by atoms with Crippen molar-refractivity contribution in [1.82, 2.24) is 4.90 Å². The van der Waals surface area contributed by atoms with Crippen molar-refractivity contribution >= 4 is 0 Å². The lowest BCUT2D eigenvalue weighted by atomic mass is 9.88. The Bertz CT molecular complexity index is 703. The average Bonchev–Trinajstić information content (AvgIpc) is 2.66. The highest BCUT2D eigenvalue weighted by Gasteiger charge is 2.19. The van der Waals surface area contributed by atoms with Gasteiger partial charge in [0, 0.05) is 26.2 Å². The average molecular weight is 365 g/mol. The molecular formula is C25H36N2. The van der Waals surface area contributed by atoms with Gasteiger partial charge in [-0.3, -0.25) is 4.90 Å². The van der Waals surface area contributed by atoms with Crippen molar-refractivity contribution in [1.29, 1.82) is 0 Å². The molecule has 1 fully saturated rings. The molecule has 2 aromatic rings. The van der Waals surface area contributed by atoms with E-state index >= 15 is 0 Å². The predicted octanol–water partition coefficient (Wildman–Crippen LogP) is 5.65. The number of rotatable bonds is 7. The Hall–Kier alpha value is -1.64. The van der Waals surface area contributed by atoms with Gasteiger partial charge < -0.3 is 5.73 Å². The van der Waals surface area contributed by atoms with Crippen molar-refractivity contribution in [3.8, 4) is 0 Å². The van der Waals surface area contributed by atoms with Crippen molar-refractivity contribution in [2.24, 2.45) is 11.7 Å². The van der Waals surface area contributed by atoms with Gasteiger partial charge in [-0.15, -0.1) is 0 Å². The normalized spacial score (nSPS) is 15.4. The van der Waals surface area contributed by atoms with Gasteiger partial charge in [-0.25, -0.2) is 0 Å². The summed E-state index contributed by atoms with van der Waals surface area (Å²) < 4.78 is 0. The second-order valence-electron chi connectivity index (χ2n) is 8.57. The third-order valence-electron chi connectivity index (χ3n) is 6.13. The number of aryl methyl sites for hydroxylation is 3. The smallest absolute Gasteiger partial charge is 0.0242 e. The SMILES string of the molecule is Cc1cc(C)c(CN(Cc2ccc(CN)cc2)CC2CCCCC2)c(C)c1. The summed E-state index contributed by atoms with van der Waals surface area (Å²) in [5.41, 5.74) is 14.1. The summed E-state index contributed by atoms with van der Waals surface area (Å²) in [6.45, 7) is 10.6. The highest BCUT2D eigenvalue weighted by Crippen LogP contribution is 2.27. The fraction of sp³-hybridized carbons (Fsp3) is 0.520. The van der Waals surface area contributed by atoms with Crippen LogP contribution in [0.25, 0.3) is 0 Å². The van der Waals surface area contributed by atoms with E-state index in [0.717, 1.165) is 19.0 Å². The summed E-state index contributed by atoms with van der Waals surface area (Å²) in [4.78, 5) is 2.68. The van der Waals surface area contributed by atoms with Crippen LogP contribution < -0.4 is 5.73 Å². The molecule has 1 saturated carbocycles. The second-order valence-corrected chi connectivity index (χ2v) is 8.57. The molecule has 0 amide bonds. The molecule has 0 aromatic heterocycles. The van der Waals surface area contributed by atoms with Crippen molar-refractivity contribution in [2.75, 3.05) is 6.54 Å². The zero-order valence-electron chi connectivity index (χ0n) is 17.4. The third-order valence-corrected chi connectivity index (χ3v) is 6.13. The number of nitrogens with two attached hydrogens (primary N) is 1. The molecule has 3 rings (SSSR count). The van der Waals surface area contributed by atoms with Crippen LogP contribution in [0.5, 0.6) is 0 Å². The maximum absolute atomic E-state index is 5.76. The largest absolute Gasteiger partial charge is 0.326 e. The number of hydrogen-bond acceptors (Lipinski definition) is 2. The van der Waals surface area contributed by atoms with Crippen LogP contribution in [0.3, 0.4) is 0 Å². The van der Waals surface area contributed by atoms with E-state index < -0.39 is 0 Å². The van der Waals surface area contributed by atoms with Gasteiger partial charge in [0.2, 0.25) is 0 Å². The predicted molar refractivity (Wildman–Crippen MR) is 116 cm³/mol. The van der Waals surface area contributed by atoms with Crippen LogP contribution in [0.15, 0.2) is 36.4 Å². The topological polar surface area (TPSA) is 29.3 Å². The molecular weight excluding hydrogens is 328 g/mol. The van der Waals surface area contributed by atoms with Crippen LogP contribution in [0.4, 0.5) is 0 Å². The summed E-state index contributed by atoms with van der Waals surface area (Å²) >= 11 is 0. The first-order valence-electron chi connectivity index (χ1n) is 10.6. The van der Waals surface area contributed by atoms with Gasteiger partial charge in [0.15, 0.2) is 0 Å². The molecule has 2 nitrogen and oxygen atoms in total. The lowest BCUT2D eigenvalue weighted by Crippen LogP contribution is -2.30. The summed E-state index contributed by atoms with van der Waals surface area (Å²) in [5.74, 6) is 0.855. The molecule has 2 heteroatoms. The standard InChI is InChI=1S/C25H36N2/c1-19-13-20(2)25(21(3)14-19)18-27(16-23-7-5-4-6-8-23)17-24-11-9-22(15-26)10-12-24/h9-14,23H,4-8,15-18,26H2,1-3H3. The zero-order valence-corrected chi connectivity index (χ0v) is 17.4. The zero-order chi connectivity index (χ0) is 19.2. The van der Waals surface area contributed by atoms with Crippen molar-refractivity contribution in [3.05, 3.63) is 69.8 Å². The van der Waals surface area contributed by atoms with E-state index in [1.165, 1.54) is 72.0 Å². The van der Waals surface area contributed by atoms with E-state index in [1.54, 1.807) is 0 Å². The highest BCUT2D eigenvalue weighted by molar-refractivity contribution is 5.37. The van der Waals surface area contributed by atoms with Crippen LogP contribution in [-0.4, -0.2) is 11.4 Å². The van der Waals surface area contributed by atoms with Crippen LogP contribution in [0.1, 0.15) is 65.5 Å². The number of nitrogens with zero attached hydrogens (tertiary/aromatic N) is 1. The summed E-state index contributed by atoms with van der Waals surface area (Å²) in [5, 5.41) is 0. The fourth-order valence-electron chi connectivity index (χ4n) is 4.64. The van der Waals surface area contributed by atoms with Gasteiger partial charge in [0.1, 0.15) is 0 Å². The summed E-state index contributed by atoms with van der Waals surface area (Å²) in [6, 6.07) is 13.5. The Balaban J connectivity index is 1.78. The van der Waals surface area contributed by atoms with Crippen molar-refractivity contribution in [2.45, 2.75) is 72.5 Å². The van der Waals surface area contributed by atoms with Crippen LogP contribution in [-0.2, 0) is 19.6 Å². The monoisotopic (exact) mass is 364 g/mol. The van der Waals surface area contributed by atoms with E-state index in [9.17, 15) is 0 Å². The van der Waals surface area contributed by atoms with Crippen molar-refractivity contribution in [3.63, 3.8) is 0 Å². The molecule has 0 unspecified atom stereocenters. The van der Waals surface area contributed by atoms with Gasteiger partial charge in [0.05, 0.1) is 0 Å². The quantitative estimate of drug-likeness (QED) is 0.687. The van der Waals surface area contributed by atoms with Crippen LogP contribution in [0.2, 0.25) is 0 Å². The molecule has 0 aliphatic heterocycles. The van der Waals surface area contributed by atoms with Gasteiger partial charge in [-0.05, 0) is 67.3 Å². The molecule has 2 N–H and O–H groups in total. The van der Waals surface area contributed by atoms with Crippen molar-refractivity contribution < 1.29 is 0 Å². The number of hydrogen-bond donors (Lipinski definition) is 1. The molecule has 0 saturated heterocycles. The molecule has 0 spiro atoms. The molecule has 1 aliphatic carbocycles. The van der Waals surface area contributed by atoms with Gasteiger partial charge in [-0.2, -0.15) is 0 Å². The first-order valence-corrected chi connectivity index (χ1v) is 10.6. The third kappa shape index (κ3) is 5.67. The van der Waals surface area contributed by atoms with Gasteiger partial charge >= 0.3 is 0 Å². The van der Waals surface area contributed by atoms with E-state index in [0.29, 0.717) is 6.54 Å². The van der Waals surface area contributed by atoms with E-state index in [-0.39, 0.29) is 0 Å². The lowest BCUT2D eigenvalue weighted by Gasteiger charge is -2.31. The summed E-state index contributed by atoms with van der Waals surface area (Å²) in [7, 11) is 0.